The molecule has 0 spiro atoms. The average Bonchev–Trinajstić information content (AvgIpc) is 3.49. The lowest BCUT2D eigenvalue weighted by Crippen LogP contribution is -2.57. The number of aromatic nitrogens is 1. The Balaban J connectivity index is 1.47. The Morgan fingerprint density at radius 1 is 1.22 bits per heavy atom. The van der Waals surface area contributed by atoms with Crippen molar-refractivity contribution in [1.82, 2.24) is 20.3 Å². The molecule has 1 N–H and O–H groups in total. The van der Waals surface area contributed by atoms with Crippen LogP contribution in [0.5, 0.6) is 0 Å². The maximum absolute atomic E-state index is 14.0. The van der Waals surface area contributed by atoms with Gasteiger partial charge in [0, 0.05) is 51.4 Å². The predicted octanol–water partition coefficient (Wildman–Crippen LogP) is 2.93. The Hall–Kier alpha value is -2.81. The molecule has 0 radical (unpaired) electrons. The van der Waals surface area contributed by atoms with Gasteiger partial charge in [-0.15, -0.1) is 0 Å². The van der Waals surface area contributed by atoms with E-state index in [1.165, 1.54) is 25.0 Å². The van der Waals surface area contributed by atoms with Gasteiger partial charge in [0.2, 0.25) is 5.91 Å². The molecule has 1 aliphatic heterocycles. The summed E-state index contributed by atoms with van der Waals surface area (Å²) in [5.41, 5.74) is -0.00506. The maximum Gasteiger partial charge on any atom is 0.273 e. The van der Waals surface area contributed by atoms with Crippen LogP contribution < -0.4 is 5.32 Å². The molecule has 7 nitrogen and oxygen atoms in total. The fourth-order valence-electron chi connectivity index (χ4n) is 4.42. The third kappa shape index (κ3) is 4.67. The van der Waals surface area contributed by atoms with Gasteiger partial charge in [0.05, 0.1) is 11.5 Å². The van der Waals surface area contributed by atoms with E-state index in [0.29, 0.717) is 24.9 Å². The molecule has 2 aromatic rings. The van der Waals surface area contributed by atoms with E-state index < -0.39 is 17.5 Å². The van der Waals surface area contributed by atoms with E-state index in [1.54, 1.807) is 19.0 Å². The zero-order valence-corrected chi connectivity index (χ0v) is 18.5. The number of amides is 2. The first kappa shape index (κ1) is 22.4. The molecule has 1 aromatic heterocycles. The molecule has 3 atom stereocenters. The summed E-state index contributed by atoms with van der Waals surface area (Å²) in [5, 5.41) is 6.67. The van der Waals surface area contributed by atoms with Gasteiger partial charge >= 0.3 is 0 Å². The summed E-state index contributed by atoms with van der Waals surface area (Å²) in [6.45, 7) is 3.59. The van der Waals surface area contributed by atoms with Crippen LogP contribution in [0.4, 0.5) is 8.78 Å². The molecular formula is C23H28F2N4O3. The van der Waals surface area contributed by atoms with Crippen LogP contribution in [0.1, 0.15) is 36.7 Å². The van der Waals surface area contributed by atoms with Crippen molar-refractivity contribution in [2.75, 3.05) is 27.2 Å². The maximum atomic E-state index is 14.0. The molecule has 2 heterocycles. The molecule has 0 bridgehead atoms. The number of halogens is 2. The highest BCUT2D eigenvalue weighted by Gasteiger charge is 2.41. The summed E-state index contributed by atoms with van der Waals surface area (Å²) in [4.78, 5) is 29.6. The molecule has 2 aliphatic rings. The van der Waals surface area contributed by atoms with Crippen molar-refractivity contribution in [3.05, 3.63) is 41.6 Å². The zero-order chi connectivity index (χ0) is 23.0. The topological polar surface area (TPSA) is 78.7 Å². The fraction of sp³-hybridized carbons (Fsp3) is 0.522. The van der Waals surface area contributed by atoms with Gasteiger partial charge in [-0.3, -0.25) is 14.5 Å². The van der Waals surface area contributed by atoms with E-state index in [4.69, 9.17) is 4.52 Å². The van der Waals surface area contributed by atoms with E-state index in [0.717, 1.165) is 18.7 Å². The highest BCUT2D eigenvalue weighted by Crippen LogP contribution is 2.36. The Bertz CT molecular complexity index is 1000. The summed E-state index contributed by atoms with van der Waals surface area (Å²) >= 11 is 0. The molecule has 1 aliphatic carbocycles. The second-order valence-electron chi connectivity index (χ2n) is 8.98. The van der Waals surface area contributed by atoms with Crippen molar-refractivity contribution in [3.63, 3.8) is 0 Å². The van der Waals surface area contributed by atoms with Crippen molar-refractivity contribution in [1.29, 1.82) is 0 Å². The van der Waals surface area contributed by atoms with Crippen LogP contribution in [0.15, 0.2) is 28.8 Å². The van der Waals surface area contributed by atoms with Gasteiger partial charge in [0.1, 0.15) is 11.6 Å². The number of carbonyl (C=O) groups is 2. The molecule has 172 valence electrons. The van der Waals surface area contributed by atoms with Crippen molar-refractivity contribution >= 4 is 11.8 Å². The quantitative estimate of drug-likeness (QED) is 0.738. The first-order valence-electron chi connectivity index (χ1n) is 10.9. The van der Waals surface area contributed by atoms with Gasteiger partial charge in [-0.2, -0.15) is 0 Å². The number of hydrogen-bond donors (Lipinski definition) is 1. The normalized spacial score (nSPS) is 22.4. The Morgan fingerprint density at radius 3 is 2.62 bits per heavy atom. The van der Waals surface area contributed by atoms with Gasteiger partial charge in [0.15, 0.2) is 11.5 Å². The zero-order valence-electron chi connectivity index (χ0n) is 18.5. The minimum Gasteiger partial charge on any atom is -0.355 e. The predicted molar refractivity (Wildman–Crippen MR) is 114 cm³/mol. The lowest BCUT2D eigenvalue weighted by atomic mass is 9.89. The monoisotopic (exact) mass is 446 g/mol. The third-order valence-electron chi connectivity index (χ3n) is 6.54. The number of nitrogens with zero attached hydrogens (tertiary/aromatic N) is 3. The first-order valence-corrected chi connectivity index (χ1v) is 10.9. The standard InChI is InChI=1S/C23H28F2N4O3/c1-13(14-4-5-14)29-9-8-19(17(12-29)23(31)28(2)3)26-22(30)20-11-21(32-27-20)16-7-6-15(24)10-18(16)25/h6-7,10-11,13-14,17,19H,4-5,8-9,12H2,1-3H3,(H,26,30)/t13?,17-,19-/m0/s1. The number of nitrogens with one attached hydrogen (secondary N) is 1. The van der Waals surface area contributed by atoms with Gasteiger partial charge in [-0.25, -0.2) is 8.78 Å². The van der Waals surface area contributed by atoms with Crippen LogP contribution in [-0.4, -0.2) is 66.0 Å². The van der Waals surface area contributed by atoms with Gasteiger partial charge in [-0.1, -0.05) is 5.16 Å². The highest BCUT2D eigenvalue weighted by atomic mass is 19.1. The second kappa shape index (κ2) is 8.97. The summed E-state index contributed by atoms with van der Waals surface area (Å²) < 4.78 is 32.3. The van der Waals surface area contributed by atoms with E-state index in [-0.39, 0.29) is 34.9 Å². The highest BCUT2D eigenvalue weighted by molar-refractivity contribution is 5.94. The largest absolute Gasteiger partial charge is 0.355 e. The molecule has 1 unspecified atom stereocenters. The molecule has 9 heteroatoms. The van der Waals surface area contributed by atoms with Crippen LogP contribution in [0.25, 0.3) is 11.3 Å². The number of benzene rings is 1. The molecule has 1 saturated carbocycles. The van der Waals surface area contributed by atoms with Gasteiger partial charge < -0.3 is 14.7 Å². The Morgan fingerprint density at radius 2 is 1.97 bits per heavy atom. The molecule has 4 rings (SSSR count). The Labute approximate surface area is 185 Å². The Kier molecular flexibility index (Phi) is 6.28. The number of likely N-dealkylation sites (tertiary alicyclic amines) is 1. The number of carbonyl (C=O) groups excluding carboxylic acids is 2. The molecule has 1 saturated heterocycles. The van der Waals surface area contributed by atoms with Crippen molar-refractivity contribution in [2.45, 2.75) is 38.3 Å². The van der Waals surface area contributed by atoms with E-state index in [1.807, 2.05) is 0 Å². The van der Waals surface area contributed by atoms with E-state index in [9.17, 15) is 18.4 Å². The summed E-state index contributed by atoms with van der Waals surface area (Å²) in [6.07, 6.45) is 3.10. The van der Waals surface area contributed by atoms with Crippen LogP contribution in [0.2, 0.25) is 0 Å². The van der Waals surface area contributed by atoms with E-state index >= 15 is 0 Å². The summed E-state index contributed by atoms with van der Waals surface area (Å²) in [6, 6.07) is 4.48. The third-order valence-corrected chi connectivity index (χ3v) is 6.54. The molecule has 1 aromatic carbocycles. The first-order chi connectivity index (χ1) is 15.2. The van der Waals surface area contributed by atoms with Crippen molar-refractivity contribution in [3.8, 4) is 11.3 Å². The number of piperidine rings is 1. The number of hydrogen-bond acceptors (Lipinski definition) is 5. The molecular weight excluding hydrogens is 418 g/mol. The minimum absolute atomic E-state index is 0.0148. The smallest absolute Gasteiger partial charge is 0.273 e. The summed E-state index contributed by atoms with van der Waals surface area (Å²) in [5.74, 6) is -1.68. The number of rotatable bonds is 6. The van der Waals surface area contributed by atoms with Gasteiger partial charge in [-0.05, 0) is 44.2 Å². The van der Waals surface area contributed by atoms with Crippen LogP contribution in [0.3, 0.4) is 0 Å². The van der Waals surface area contributed by atoms with Crippen molar-refractivity contribution < 1.29 is 22.9 Å². The lowest BCUT2D eigenvalue weighted by molar-refractivity contribution is -0.136. The average molecular weight is 446 g/mol. The summed E-state index contributed by atoms with van der Waals surface area (Å²) in [7, 11) is 3.43. The molecule has 2 amide bonds. The fourth-order valence-corrected chi connectivity index (χ4v) is 4.42. The van der Waals surface area contributed by atoms with Crippen LogP contribution in [-0.2, 0) is 4.79 Å². The van der Waals surface area contributed by atoms with Gasteiger partial charge in [0.25, 0.3) is 5.91 Å². The molecule has 32 heavy (non-hydrogen) atoms. The molecule has 2 fully saturated rings. The van der Waals surface area contributed by atoms with Crippen LogP contribution in [0, 0.1) is 23.5 Å². The second-order valence-corrected chi connectivity index (χ2v) is 8.98. The van der Waals surface area contributed by atoms with E-state index in [2.05, 4.69) is 22.3 Å². The van der Waals surface area contributed by atoms with Crippen LogP contribution >= 0.6 is 0 Å². The SMILES string of the molecule is CC(C1CC1)N1CC[C@H](NC(=O)c2cc(-c3ccc(F)cc3F)on2)[C@@H](C(=O)N(C)C)C1. The minimum atomic E-state index is -0.804. The lowest BCUT2D eigenvalue weighted by Gasteiger charge is -2.41. The van der Waals surface area contributed by atoms with Crippen molar-refractivity contribution in [2.24, 2.45) is 11.8 Å².